The van der Waals surface area contributed by atoms with E-state index in [2.05, 4.69) is 25.9 Å². The Balaban J connectivity index is 1.98. The predicted octanol–water partition coefficient (Wildman–Crippen LogP) is 2.45. The Kier molecular flexibility index (Phi) is 3.21. The molecule has 6 heteroatoms. The number of halogens is 1. The fourth-order valence-corrected chi connectivity index (χ4v) is 2.66. The molecule has 2 N–H and O–H groups in total. The normalized spacial score (nSPS) is 18.8. The molecule has 98 valence electrons. The van der Waals surface area contributed by atoms with E-state index in [0.717, 1.165) is 19.4 Å². The zero-order valence-corrected chi connectivity index (χ0v) is 11.1. The molecule has 0 aliphatic carbocycles. The number of hydrogen-bond acceptors (Lipinski definition) is 5. The van der Waals surface area contributed by atoms with Gasteiger partial charge >= 0.3 is 0 Å². The van der Waals surface area contributed by atoms with Crippen molar-refractivity contribution >= 4 is 23.1 Å². The summed E-state index contributed by atoms with van der Waals surface area (Å²) in [6.07, 6.45) is 7.28. The highest BCUT2D eigenvalue weighted by atomic mass is 35.5. The third-order valence-electron chi connectivity index (χ3n) is 3.41. The largest absolute Gasteiger partial charge is 0.393 e. The first kappa shape index (κ1) is 12.2. The maximum atomic E-state index is 5.99. The fraction of sp³-hybridized carbons (Fsp3) is 0.308. The average molecular weight is 276 g/mol. The first-order chi connectivity index (χ1) is 9.27. The first-order valence-electron chi connectivity index (χ1n) is 6.20. The molecule has 1 fully saturated rings. The maximum Gasteiger partial charge on any atom is 0.157 e. The van der Waals surface area contributed by atoms with Gasteiger partial charge in [0.15, 0.2) is 11.0 Å². The van der Waals surface area contributed by atoms with Gasteiger partial charge in [0.05, 0.1) is 6.04 Å². The Labute approximate surface area is 116 Å². The molecule has 1 atom stereocenters. The summed E-state index contributed by atoms with van der Waals surface area (Å²) in [7, 11) is 0. The molecule has 1 saturated heterocycles. The van der Waals surface area contributed by atoms with Crippen molar-refractivity contribution in [2.45, 2.75) is 18.9 Å². The number of aromatic nitrogens is 3. The Morgan fingerprint density at radius 1 is 1.37 bits per heavy atom. The van der Waals surface area contributed by atoms with Crippen molar-refractivity contribution in [1.82, 2.24) is 15.0 Å². The molecule has 1 aliphatic heterocycles. The van der Waals surface area contributed by atoms with Gasteiger partial charge in [-0.05, 0) is 24.5 Å². The molecule has 0 amide bonds. The van der Waals surface area contributed by atoms with Gasteiger partial charge in [-0.15, -0.1) is 0 Å². The van der Waals surface area contributed by atoms with E-state index >= 15 is 0 Å². The number of pyridine rings is 1. The molecule has 0 radical (unpaired) electrons. The SMILES string of the molecule is Nc1c(Cl)ncnc1N1CCCC1c1cccnc1. The maximum absolute atomic E-state index is 5.99. The molecule has 2 aromatic rings. The Bertz CT molecular complexity index is 575. The molecule has 0 saturated carbocycles. The van der Waals surface area contributed by atoms with Crippen molar-refractivity contribution in [2.75, 3.05) is 17.2 Å². The summed E-state index contributed by atoms with van der Waals surface area (Å²) in [5.41, 5.74) is 7.61. The average Bonchev–Trinajstić information content (AvgIpc) is 2.92. The van der Waals surface area contributed by atoms with Crippen molar-refractivity contribution < 1.29 is 0 Å². The summed E-state index contributed by atoms with van der Waals surface area (Å²) in [5, 5.41) is 0.307. The summed E-state index contributed by atoms with van der Waals surface area (Å²) in [4.78, 5) is 14.5. The summed E-state index contributed by atoms with van der Waals surface area (Å²) in [6, 6.07) is 4.28. The van der Waals surface area contributed by atoms with Gasteiger partial charge in [0, 0.05) is 18.9 Å². The number of nitrogen functional groups attached to an aromatic ring is 1. The van der Waals surface area contributed by atoms with Gasteiger partial charge in [0.2, 0.25) is 0 Å². The van der Waals surface area contributed by atoms with Crippen LogP contribution in [-0.4, -0.2) is 21.5 Å². The molecule has 19 heavy (non-hydrogen) atoms. The van der Waals surface area contributed by atoms with Crippen LogP contribution in [0.5, 0.6) is 0 Å². The highest BCUT2D eigenvalue weighted by Crippen LogP contribution is 2.38. The van der Waals surface area contributed by atoms with Crippen LogP contribution in [0.15, 0.2) is 30.9 Å². The van der Waals surface area contributed by atoms with E-state index in [-0.39, 0.29) is 6.04 Å². The molecule has 0 spiro atoms. The van der Waals surface area contributed by atoms with Crippen molar-refractivity contribution in [2.24, 2.45) is 0 Å². The summed E-state index contributed by atoms with van der Waals surface area (Å²) < 4.78 is 0. The Hall–Kier alpha value is -1.88. The highest BCUT2D eigenvalue weighted by molar-refractivity contribution is 6.32. The Morgan fingerprint density at radius 2 is 2.26 bits per heavy atom. The van der Waals surface area contributed by atoms with E-state index in [1.165, 1.54) is 11.9 Å². The molecule has 3 heterocycles. The minimum atomic E-state index is 0.252. The van der Waals surface area contributed by atoms with E-state index in [0.29, 0.717) is 16.7 Å². The monoisotopic (exact) mass is 275 g/mol. The topological polar surface area (TPSA) is 67.9 Å². The molecular formula is C13H14ClN5. The van der Waals surface area contributed by atoms with Crippen LogP contribution >= 0.6 is 11.6 Å². The lowest BCUT2D eigenvalue weighted by atomic mass is 10.1. The first-order valence-corrected chi connectivity index (χ1v) is 6.57. The van der Waals surface area contributed by atoms with Crippen LogP contribution in [0.3, 0.4) is 0 Å². The zero-order valence-electron chi connectivity index (χ0n) is 10.3. The number of hydrogen-bond donors (Lipinski definition) is 1. The van der Waals surface area contributed by atoms with Gasteiger partial charge in [-0.2, -0.15) is 0 Å². The lowest BCUT2D eigenvalue weighted by molar-refractivity contribution is 0.708. The number of anilines is 2. The van der Waals surface area contributed by atoms with Crippen molar-refractivity contribution in [3.8, 4) is 0 Å². The molecule has 2 aromatic heterocycles. The fourth-order valence-electron chi connectivity index (χ4n) is 2.53. The molecule has 0 aromatic carbocycles. The van der Waals surface area contributed by atoms with Gasteiger partial charge in [-0.3, -0.25) is 4.98 Å². The molecule has 0 bridgehead atoms. The van der Waals surface area contributed by atoms with Gasteiger partial charge in [0.1, 0.15) is 12.0 Å². The summed E-state index contributed by atoms with van der Waals surface area (Å²) >= 11 is 5.97. The van der Waals surface area contributed by atoms with E-state index in [1.807, 2.05) is 12.3 Å². The minimum Gasteiger partial charge on any atom is -0.393 e. The number of nitrogens with two attached hydrogens (primary N) is 1. The van der Waals surface area contributed by atoms with Gasteiger partial charge in [0.25, 0.3) is 0 Å². The molecule has 3 rings (SSSR count). The van der Waals surface area contributed by atoms with Crippen molar-refractivity contribution in [3.63, 3.8) is 0 Å². The standard InChI is InChI=1S/C13H14ClN5/c14-12-11(15)13(18-8-17-12)19-6-2-4-10(19)9-3-1-5-16-7-9/h1,3,5,7-8,10H,2,4,6,15H2. The lowest BCUT2D eigenvalue weighted by Gasteiger charge is -2.26. The van der Waals surface area contributed by atoms with Crippen LogP contribution < -0.4 is 10.6 Å². The van der Waals surface area contributed by atoms with E-state index in [9.17, 15) is 0 Å². The van der Waals surface area contributed by atoms with E-state index in [4.69, 9.17) is 17.3 Å². The second kappa shape index (κ2) is 5.01. The number of rotatable bonds is 2. The van der Waals surface area contributed by atoms with Crippen molar-refractivity contribution in [3.05, 3.63) is 41.6 Å². The minimum absolute atomic E-state index is 0.252. The molecule has 1 aliphatic rings. The van der Waals surface area contributed by atoms with Crippen LogP contribution in [0, 0.1) is 0 Å². The zero-order chi connectivity index (χ0) is 13.2. The lowest BCUT2D eigenvalue weighted by Crippen LogP contribution is -2.25. The Morgan fingerprint density at radius 3 is 3.05 bits per heavy atom. The third kappa shape index (κ3) is 2.21. The van der Waals surface area contributed by atoms with E-state index in [1.54, 1.807) is 6.20 Å². The quantitative estimate of drug-likeness (QED) is 0.853. The van der Waals surface area contributed by atoms with Crippen LogP contribution in [0.1, 0.15) is 24.4 Å². The van der Waals surface area contributed by atoms with Gasteiger partial charge in [-0.1, -0.05) is 17.7 Å². The number of nitrogens with zero attached hydrogens (tertiary/aromatic N) is 4. The van der Waals surface area contributed by atoms with Gasteiger partial charge < -0.3 is 10.6 Å². The molecule has 5 nitrogen and oxygen atoms in total. The third-order valence-corrected chi connectivity index (χ3v) is 3.71. The summed E-state index contributed by atoms with van der Waals surface area (Å²) in [6.45, 7) is 0.914. The molecule has 1 unspecified atom stereocenters. The van der Waals surface area contributed by atoms with Gasteiger partial charge in [-0.25, -0.2) is 9.97 Å². The van der Waals surface area contributed by atoms with Crippen molar-refractivity contribution in [1.29, 1.82) is 0 Å². The second-order valence-electron chi connectivity index (χ2n) is 4.54. The van der Waals surface area contributed by atoms with Crippen LogP contribution in [0.25, 0.3) is 0 Å². The summed E-state index contributed by atoms with van der Waals surface area (Å²) in [5.74, 6) is 0.714. The highest BCUT2D eigenvalue weighted by Gasteiger charge is 2.29. The van der Waals surface area contributed by atoms with Crippen LogP contribution in [0.4, 0.5) is 11.5 Å². The van der Waals surface area contributed by atoms with Crippen LogP contribution in [0.2, 0.25) is 5.15 Å². The van der Waals surface area contributed by atoms with Crippen LogP contribution in [-0.2, 0) is 0 Å². The van der Waals surface area contributed by atoms with E-state index < -0.39 is 0 Å². The smallest absolute Gasteiger partial charge is 0.157 e. The second-order valence-corrected chi connectivity index (χ2v) is 4.90. The predicted molar refractivity (Wildman–Crippen MR) is 75.0 cm³/mol. The molecular weight excluding hydrogens is 262 g/mol.